The van der Waals surface area contributed by atoms with Gasteiger partial charge in [0, 0.05) is 5.56 Å². The highest BCUT2D eigenvalue weighted by Gasteiger charge is 2.18. The van der Waals surface area contributed by atoms with Crippen molar-refractivity contribution in [3.63, 3.8) is 0 Å². The van der Waals surface area contributed by atoms with E-state index in [-0.39, 0.29) is 5.75 Å². The average Bonchev–Trinajstić information content (AvgIpc) is 2.99. The first-order valence-electron chi connectivity index (χ1n) is 7.13. The lowest BCUT2D eigenvalue weighted by Crippen LogP contribution is -2.20. The molecular formula is C17H12BNO4. The third-order valence-electron chi connectivity index (χ3n) is 3.63. The van der Waals surface area contributed by atoms with Gasteiger partial charge in [-0.1, -0.05) is 42.5 Å². The molecule has 112 valence electrons. The zero-order valence-electron chi connectivity index (χ0n) is 12.0. The highest BCUT2D eigenvalue weighted by Crippen LogP contribution is 2.33. The van der Waals surface area contributed by atoms with E-state index in [2.05, 4.69) is 4.98 Å². The number of hydrogen-bond acceptors (Lipinski definition) is 5. The lowest BCUT2D eigenvalue weighted by molar-refractivity contribution is 0.288. The van der Waals surface area contributed by atoms with Crippen molar-refractivity contribution in [1.29, 1.82) is 0 Å². The summed E-state index contributed by atoms with van der Waals surface area (Å²) in [6.45, 7) is 0. The third kappa shape index (κ3) is 2.44. The van der Waals surface area contributed by atoms with Crippen molar-refractivity contribution in [3.8, 4) is 17.2 Å². The lowest BCUT2D eigenvalue weighted by Gasteiger charge is -2.04. The van der Waals surface area contributed by atoms with Crippen LogP contribution in [-0.2, 0) is 0 Å². The Morgan fingerprint density at radius 1 is 0.913 bits per heavy atom. The van der Waals surface area contributed by atoms with Crippen LogP contribution in [0.4, 0.5) is 0 Å². The Morgan fingerprint density at radius 3 is 2.57 bits per heavy atom. The number of fused-ring (bicyclic) bond motifs is 2. The van der Waals surface area contributed by atoms with Crippen LogP contribution in [0.15, 0.2) is 65.1 Å². The molecule has 5 nitrogen and oxygen atoms in total. The van der Waals surface area contributed by atoms with Crippen molar-refractivity contribution in [1.82, 2.24) is 4.98 Å². The number of oxazole rings is 1. The molecule has 2 N–H and O–H groups in total. The van der Waals surface area contributed by atoms with Crippen molar-refractivity contribution >= 4 is 29.2 Å². The largest absolute Gasteiger partial charge is 0.707 e. The third-order valence-corrected chi connectivity index (χ3v) is 3.63. The number of hydrogen-bond donors (Lipinski definition) is 2. The van der Waals surface area contributed by atoms with Gasteiger partial charge in [-0.05, 0) is 29.0 Å². The molecule has 1 heterocycles. The number of aromatic nitrogens is 1. The Kier molecular flexibility index (Phi) is 3.26. The molecule has 0 amide bonds. The molecule has 4 rings (SSSR count). The Morgan fingerprint density at radius 2 is 1.70 bits per heavy atom. The first-order chi connectivity index (χ1) is 11.2. The first kappa shape index (κ1) is 13.8. The predicted octanol–water partition coefficient (Wildman–Crippen LogP) is 3.00. The van der Waals surface area contributed by atoms with Crippen molar-refractivity contribution in [2.24, 2.45) is 0 Å². The molecule has 0 aliphatic heterocycles. The van der Waals surface area contributed by atoms with Gasteiger partial charge in [0.05, 0.1) is 0 Å². The molecule has 0 spiro atoms. The molecule has 0 atom stereocenters. The van der Waals surface area contributed by atoms with Crippen LogP contribution in [0.3, 0.4) is 0 Å². The van der Waals surface area contributed by atoms with E-state index in [0.29, 0.717) is 17.0 Å². The second kappa shape index (κ2) is 5.42. The summed E-state index contributed by atoms with van der Waals surface area (Å²) in [5.41, 5.74) is 1.84. The van der Waals surface area contributed by atoms with E-state index < -0.39 is 7.32 Å². The summed E-state index contributed by atoms with van der Waals surface area (Å²) >= 11 is 0. The van der Waals surface area contributed by atoms with Crippen molar-refractivity contribution in [2.75, 3.05) is 0 Å². The number of nitrogens with zero attached hydrogens (tertiary/aromatic N) is 1. The molecule has 3 aromatic carbocycles. The van der Waals surface area contributed by atoms with Crippen molar-refractivity contribution < 1.29 is 19.1 Å². The summed E-state index contributed by atoms with van der Waals surface area (Å²) in [5, 5.41) is 20.1. The maximum absolute atomic E-state index is 9.00. The van der Waals surface area contributed by atoms with E-state index >= 15 is 0 Å². The Hall–Kier alpha value is -2.83. The predicted molar refractivity (Wildman–Crippen MR) is 87.8 cm³/mol. The second-order valence-corrected chi connectivity index (χ2v) is 5.09. The highest BCUT2D eigenvalue weighted by atomic mass is 16.6. The Labute approximate surface area is 131 Å². The number of rotatable bonds is 3. The summed E-state index contributed by atoms with van der Waals surface area (Å²) < 4.78 is 10.8. The minimum absolute atomic E-state index is 0.233. The van der Waals surface area contributed by atoms with Gasteiger partial charge < -0.3 is 19.1 Å². The van der Waals surface area contributed by atoms with E-state index in [1.807, 2.05) is 42.5 Å². The van der Waals surface area contributed by atoms with Crippen LogP contribution < -0.4 is 4.65 Å². The summed E-state index contributed by atoms with van der Waals surface area (Å²) in [7, 11) is -1.91. The fourth-order valence-electron chi connectivity index (χ4n) is 2.66. The molecule has 0 bridgehead atoms. The summed E-state index contributed by atoms with van der Waals surface area (Å²) in [4.78, 5) is 4.49. The molecule has 6 heteroatoms. The molecule has 0 saturated carbocycles. The zero-order valence-corrected chi connectivity index (χ0v) is 12.0. The van der Waals surface area contributed by atoms with E-state index in [1.54, 1.807) is 18.2 Å². The minimum Gasteiger partial charge on any atom is -0.509 e. The quantitative estimate of drug-likeness (QED) is 0.569. The fraction of sp³-hybridized carbons (Fsp3) is 0. The fourth-order valence-corrected chi connectivity index (χ4v) is 2.66. The number of para-hydroxylation sites is 1. The van der Waals surface area contributed by atoms with Gasteiger partial charge in [0.15, 0.2) is 5.58 Å². The minimum atomic E-state index is -1.91. The van der Waals surface area contributed by atoms with Gasteiger partial charge in [0.25, 0.3) is 0 Å². The molecule has 0 aliphatic carbocycles. The second-order valence-electron chi connectivity index (χ2n) is 5.09. The standard InChI is InChI=1S/C17H12BNO4/c20-18(21)23-15-10-4-9-14-16(15)22-17(19-14)13-8-3-6-11-5-1-2-7-12(11)13/h1-10,20-21H. The lowest BCUT2D eigenvalue weighted by atomic mass is 10.0. The Balaban J connectivity index is 1.92. The first-order valence-corrected chi connectivity index (χ1v) is 7.13. The summed E-state index contributed by atoms with van der Waals surface area (Å²) in [5.74, 6) is 0.691. The van der Waals surface area contributed by atoms with E-state index in [0.717, 1.165) is 16.3 Å². The van der Waals surface area contributed by atoms with Crippen LogP contribution in [-0.4, -0.2) is 22.4 Å². The molecule has 0 fully saturated rings. The maximum atomic E-state index is 9.00. The van der Waals surface area contributed by atoms with Gasteiger partial charge in [0.2, 0.25) is 5.89 Å². The van der Waals surface area contributed by atoms with Crippen molar-refractivity contribution in [2.45, 2.75) is 0 Å². The van der Waals surface area contributed by atoms with Gasteiger partial charge in [-0.3, -0.25) is 0 Å². The highest BCUT2D eigenvalue weighted by molar-refractivity contribution is 6.34. The van der Waals surface area contributed by atoms with Gasteiger partial charge in [0.1, 0.15) is 11.3 Å². The smallest absolute Gasteiger partial charge is 0.509 e. The molecule has 4 aromatic rings. The molecular weight excluding hydrogens is 293 g/mol. The average molecular weight is 305 g/mol. The van der Waals surface area contributed by atoms with Gasteiger partial charge >= 0.3 is 7.32 Å². The molecule has 0 saturated heterocycles. The van der Waals surface area contributed by atoms with E-state index in [9.17, 15) is 0 Å². The van der Waals surface area contributed by atoms with Crippen LogP contribution in [0.2, 0.25) is 0 Å². The van der Waals surface area contributed by atoms with E-state index in [4.69, 9.17) is 19.1 Å². The maximum Gasteiger partial charge on any atom is 0.707 e. The topological polar surface area (TPSA) is 75.7 Å². The van der Waals surface area contributed by atoms with Gasteiger partial charge in [-0.2, -0.15) is 0 Å². The monoisotopic (exact) mass is 305 g/mol. The Bertz CT molecular complexity index is 991. The normalized spacial score (nSPS) is 11.0. The molecule has 0 aliphatic rings. The zero-order chi connectivity index (χ0) is 15.8. The van der Waals surface area contributed by atoms with Crippen molar-refractivity contribution in [3.05, 3.63) is 60.7 Å². The molecule has 23 heavy (non-hydrogen) atoms. The van der Waals surface area contributed by atoms with Crippen LogP contribution >= 0.6 is 0 Å². The van der Waals surface area contributed by atoms with Gasteiger partial charge in [-0.25, -0.2) is 4.98 Å². The SMILES string of the molecule is OB(O)Oc1cccc2nc(-c3cccc4ccccc34)oc12. The van der Waals surface area contributed by atoms with Crippen LogP contribution in [0, 0.1) is 0 Å². The van der Waals surface area contributed by atoms with Crippen LogP contribution in [0.5, 0.6) is 5.75 Å². The van der Waals surface area contributed by atoms with Crippen LogP contribution in [0.25, 0.3) is 33.3 Å². The molecule has 0 radical (unpaired) electrons. The van der Waals surface area contributed by atoms with Gasteiger partial charge in [-0.15, -0.1) is 0 Å². The number of benzene rings is 3. The van der Waals surface area contributed by atoms with Crippen LogP contribution in [0.1, 0.15) is 0 Å². The molecule has 1 aromatic heterocycles. The van der Waals surface area contributed by atoms with E-state index in [1.165, 1.54) is 0 Å². The summed E-state index contributed by atoms with van der Waals surface area (Å²) in [6.07, 6.45) is 0. The summed E-state index contributed by atoms with van der Waals surface area (Å²) in [6, 6.07) is 19.0. The molecule has 0 unspecified atom stereocenters.